The van der Waals surface area contributed by atoms with Crippen LogP contribution in [-0.2, 0) is 15.0 Å². The molecule has 0 radical (unpaired) electrons. The summed E-state index contributed by atoms with van der Waals surface area (Å²) in [5.74, 6) is -3.78. The van der Waals surface area contributed by atoms with Gasteiger partial charge in [-0.05, 0) is 24.1 Å². The maximum atomic E-state index is 14.0. The lowest BCUT2D eigenvalue weighted by molar-refractivity contribution is -0.143. The molecule has 0 aromatic heterocycles. The quantitative estimate of drug-likeness (QED) is 0.678. The number of carbonyl (C=O) groups excluding carboxylic acids is 4. The Hall–Kier alpha value is -3.35. The fraction of sp³-hybridized carbons (Fsp3) is 0.158. The Kier molecular flexibility index (Phi) is 4.38. The van der Waals surface area contributed by atoms with Crippen LogP contribution in [-0.4, -0.2) is 28.7 Å². The van der Waals surface area contributed by atoms with E-state index < -0.39 is 40.5 Å². The molecule has 5 amide bonds. The molecule has 1 saturated heterocycles. The van der Waals surface area contributed by atoms with Gasteiger partial charge in [-0.2, -0.15) is 4.90 Å². The van der Waals surface area contributed by atoms with Gasteiger partial charge in [0.25, 0.3) is 11.8 Å². The summed E-state index contributed by atoms with van der Waals surface area (Å²) < 4.78 is 14.0. The zero-order valence-corrected chi connectivity index (χ0v) is 13.9. The van der Waals surface area contributed by atoms with E-state index in [1.165, 1.54) is 18.2 Å². The summed E-state index contributed by atoms with van der Waals surface area (Å²) in [5.41, 5.74) is -1.82. The lowest BCUT2D eigenvalue weighted by Gasteiger charge is -2.38. The number of benzene rings is 2. The van der Waals surface area contributed by atoms with Crippen molar-refractivity contribution in [2.75, 3.05) is 0 Å². The molecule has 0 aliphatic carbocycles. The monoisotopic (exact) mass is 354 g/mol. The Balaban J connectivity index is 2.12. The van der Waals surface area contributed by atoms with Crippen molar-refractivity contribution in [1.29, 1.82) is 0 Å². The first-order valence-electron chi connectivity index (χ1n) is 7.97. The zero-order valence-electron chi connectivity index (χ0n) is 13.9. The second kappa shape index (κ2) is 6.51. The van der Waals surface area contributed by atoms with E-state index in [1.807, 2.05) is 0 Å². The molecule has 0 unspecified atom stereocenters. The minimum Gasteiger partial charge on any atom is -0.276 e. The molecule has 2 aromatic rings. The second-order valence-corrected chi connectivity index (χ2v) is 5.81. The summed E-state index contributed by atoms with van der Waals surface area (Å²) >= 11 is 0. The zero-order chi connectivity index (χ0) is 18.9. The highest BCUT2D eigenvalue weighted by atomic mass is 19.1. The van der Waals surface area contributed by atoms with Gasteiger partial charge in [-0.25, -0.2) is 9.18 Å². The third kappa shape index (κ3) is 2.48. The fourth-order valence-electron chi connectivity index (χ4n) is 3.07. The largest absolute Gasteiger partial charge is 0.338 e. The highest BCUT2D eigenvalue weighted by molar-refractivity contribution is 6.30. The lowest BCUT2D eigenvalue weighted by atomic mass is 9.74. The van der Waals surface area contributed by atoms with Crippen LogP contribution in [0, 0.1) is 5.82 Å². The van der Waals surface area contributed by atoms with Gasteiger partial charge in [0.1, 0.15) is 5.82 Å². The topological polar surface area (TPSA) is 83.6 Å². The summed E-state index contributed by atoms with van der Waals surface area (Å²) in [6, 6.07) is 12.0. The van der Waals surface area contributed by atoms with Crippen molar-refractivity contribution in [3.05, 3.63) is 71.5 Å². The second-order valence-electron chi connectivity index (χ2n) is 5.81. The molecule has 0 saturated carbocycles. The number of urea groups is 1. The smallest absolute Gasteiger partial charge is 0.276 e. The lowest BCUT2D eigenvalue weighted by Crippen LogP contribution is -2.67. The molecule has 132 valence electrons. The van der Waals surface area contributed by atoms with Crippen LogP contribution in [0.25, 0.3) is 0 Å². The highest BCUT2D eigenvalue weighted by Gasteiger charge is 2.55. The standard InChI is InChI=1S/C19H15FN2O4/c1-2-19(12-8-4-3-5-9-12)16(24)21-18(26)22(17(19)25)15(23)13-10-6-7-11-14(13)20/h3-11H,2H2,1H3,(H,21,24,26)/t19-/m1/s1. The first-order valence-corrected chi connectivity index (χ1v) is 7.97. The summed E-state index contributed by atoms with van der Waals surface area (Å²) in [5, 5.41) is 2.05. The fourth-order valence-corrected chi connectivity index (χ4v) is 3.07. The minimum atomic E-state index is -1.74. The van der Waals surface area contributed by atoms with Crippen molar-refractivity contribution in [3.63, 3.8) is 0 Å². The molecule has 1 fully saturated rings. The van der Waals surface area contributed by atoms with Gasteiger partial charge in [0.05, 0.1) is 5.56 Å². The van der Waals surface area contributed by atoms with Gasteiger partial charge in [-0.15, -0.1) is 0 Å². The molecule has 26 heavy (non-hydrogen) atoms. The molecule has 2 aromatic carbocycles. The van der Waals surface area contributed by atoms with Crippen molar-refractivity contribution in [2.24, 2.45) is 0 Å². The number of hydrogen-bond acceptors (Lipinski definition) is 4. The Morgan fingerprint density at radius 3 is 2.27 bits per heavy atom. The van der Waals surface area contributed by atoms with E-state index in [2.05, 4.69) is 5.32 Å². The number of nitrogens with one attached hydrogen (secondary N) is 1. The molecule has 1 N–H and O–H groups in total. The van der Waals surface area contributed by atoms with Crippen molar-refractivity contribution < 1.29 is 23.6 Å². The molecule has 6 nitrogen and oxygen atoms in total. The first-order chi connectivity index (χ1) is 12.4. The third-order valence-corrected chi connectivity index (χ3v) is 4.48. The number of hydrogen-bond donors (Lipinski definition) is 1. The van der Waals surface area contributed by atoms with Gasteiger partial charge in [-0.1, -0.05) is 49.4 Å². The van der Waals surface area contributed by atoms with Crippen LogP contribution in [0.15, 0.2) is 54.6 Å². The number of imide groups is 4. The maximum Gasteiger partial charge on any atom is 0.338 e. The van der Waals surface area contributed by atoms with Gasteiger partial charge in [0.2, 0.25) is 5.91 Å². The normalized spacial score (nSPS) is 20.1. The van der Waals surface area contributed by atoms with E-state index in [0.717, 1.165) is 6.07 Å². The molecule has 0 spiro atoms. The van der Waals surface area contributed by atoms with Gasteiger partial charge in [0.15, 0.2) is 5.41 Å². The Bertz CT molecular complexity index is 913. The SMILES string of the molecule is CC[C@@]1(c2ccccc2)C(=O)NC(=O)N(C(=O)c2ccccc2F)C1=O. The van der Waals surface area contributed by atoms with Crippen LogP contribution >= 0.6 is 0 Å². The van der Waals surface area contributed by atoms with Crippen LogP contribution in [0.2, 0.25) is 0 Å². The van der Waals surface area contributed by atoms with E-state index in [1.54, 1.807) is 37.3 Å². The number of barbiturate groups is 1. The molecular weight excluding hydrogens is 339 g/mol. The Morgan fingerprint density at radius 2 is 1.65 bits per heavy atom. The van der Waals surface area contributed by atoms with Gasteiger partial charge >= 0.3 is 6.03 Å². The van der Waals surface area contributed by atoms with Crippen molar-refractivity contribution in [2.45, 2.75) is 18.8 Å². The molecular formula is C19H15FN2O4. The van der Waals surface area contributed by atoms with Crippen LogP contribution in [0.3, 0.4) is 0 Å². The average Bonchev–Trinajstić information content (AvgIpc) is 2.63. The molecule has 1 atom stereocenters. The minimum absolute atomic E-state index is 0.0238. The number of halogens is 1. The summed E-state index contributed by atoms with van der Waals surface area (Å²) in [6.07, 6.45) is 0.0238. The van der Waals surface area contributed by atoms with Gasteiger partial charge in [0, 0.05) is 0 Å². The molecule has 1 heterocycles. The summed E-state index contributed by atoms with van der Waals surface area (Å²) in [7, 11) is 0. The molecule has 3 rings (SSSR count). The van der Waals surface area contributed by atoms with Crippen LogP contribution in [0.5, 0.6) is 0 Å². The van der Waals surface area contributed by atoms with E-state index >= 15 is 0 Å². The highest BCUT2D eigenvalue weighted by Crippen LogP contribution is 2.34. The van der Waals surface area contributed by atoms with Crippen molar-refractivity contribution >= 4 is 23.8 Å². The van der Waals surface area contributed by atoms with E-state index in [-0.39, 0.29) is 6.42 Å². The molecule has 7 heteroatoms. The number of amides is 5. The predicted octanol–water partition coefficient (Wildman–Crippen LogP) is 2.39. The molecule has 1 aliphatic rings. The van der Waals surface area contributed by atoms with Crippen molar-refractivity contribution in [3.8, 4) is 0 Å². The van der Waals surface area contributed by atoms with Crippen LogP contribution in [0.4, 0.5) is 9.18 Å². The van der Waals surface area contributed by atoms with Crippen LogP contribution < -0.4 is 5.32 Å². The number of nitrogens with zero attached hydrogens (tertiary/aromatic N) is 1. The Morgan fingerprint density at radius 1 is 1.04 bits per heavy atom. The average molecular weight is 354 g/mol. The number of carbonyl (C=O) groups is 4. The molecule has 1 aliphatic heterocycles. The van der Waals surface area contributed by atoms with E-state index in [0.29, 0.717) is 10.5 Å². The van der Waals surface area contributed by atoms with E-state index in [4.69, 9.17) is 0 Å². The Labute approximate surface area is 148 Å². The van der Waals surface area contributed by atoms with Crippen molar-refractivity contribution in [1.82, 2.24) is 10.2 Å². The number of rotatable bonds is 3. The van der Waals surface area contributed by atoms with Gasteiger partial charge < -0.3 is 0 Å². The third-order valence-electron chi connectivity index (χ3n) is 4.48. The maximum absolute atomic E-state index is 14.0. The molecule has 0 bridgehead atoms. The van der Waals surface area contributed by atoms with Crippen LogP contribution in [0.1, 0.15) is 29.3 Å². The predicted molar refractivity (Wildman–Crippen MR) is 89.5 cm³/mol. The van der Waals surface area contributed by atoms with E-state index in [9.17, 15) is 23.6 Å². The van der Waals surface area contributed by atoms with Gasteiger partial charge in [-0.3, -0.25) is 19.7 Å². The summed E-state index contributed by atoms with van der Waals surface area (Å²) in [6.45, 7) is 1.60. The first kappa shape index (κ1) is 17.5. The summed E-state index contributed by atoms with van der Waals surface area (Å²) in [4.78, 5) is 50.9.